The number of sulfonamides is 1. The van der Waals surface area contributed by atoms with Crippen molar-refractivity contribution < 1.29 is 17.9 Å². The smallest absolute Gasteiger partial charge is 0.324 e. The summed E-state index contributed by atoms with van der Waals surface area (Å²) in [4.78, 5) is 12.1. The van der Waals surface area contributed by atoms with Gasteiger partial charge in [-0.1, -0.05) is 17.7 Å². The summed E-state index contributed by atoms with van der Waals surface area (Å²) in [7, 11) is -3.64. The fraction of sp³-hybridized carbons (Fsp3) is 0.500. The summed E-state index contributed by atoms with van der Waals surface area (Å²) in [5.74, 6) is -0.458. The molecule has 1 atom stereocenters. The Balaban J connectivity index is 2.28. The van der Waals surface area contributed by atoms with Gasteiger partial charge in [-0.05, 0) is 38.8 Å². The summed E-state index contributed by atoms with van der Waals surface area (Å²) >= 11 is 0. The Morgan fingerprint density at radius 2 is 2.00 bits per heavy atom. The molecule has 1 heterocycles. The van der Waals surface area contributed by atoms with E-state index in [0.29, 0.717) is 19.4 Å². The summed E-state index contributed by atoms with van der Waals surface area (Å²) in [5.41, 5.74) is 0.993. The highest BCUT2D eigenvalue weighted by molar-refractivity contribution is 7.89. The molecule has 1 aliphatic rings. The maximum atomic E-state index is 12.6. The van der Waals surface area contributed by atoms with Gasteiger partial charge in [-0.15, -0.1) is 0 Å². The van der Waals surface area contributed by atoms with Crippen molar-refractivity contribution in [2.45, 2.75) is 37.6 Å². The minimum absolute atomic E-state index is 0.222. The number of hydrogen-bond donors (Lipinski definition) is 0. The maximum absolute atomic E-state index is 12.6. The van der Waals surface area contributed by atoms with Crippen LogP contribution in [0.3, 0.4) is 0 Å². The number of rotatable bonds is 4. The van der Waals surface area contributed by atoms with Crippen LogP contribution in [0.4, 0.5) is 0 Å². The van der Waals surface area contributed by atoms with Crippen LogP contribution >= 0.6 is 0 Å². The molecule has 0 saturated carbocycles. The van der Waals surface area contributed by atoms with E-state index >= 15 is 0 Å². The van der Waals surface area contributed by atoms with Crippen LogP contribution in [0.5, 0.6) is 0 Å². The van der Waals surface area contributed by atoms with Crippen LogP contribution in [0.1, 0.15) is 25.3 Å². The fourth-order valence-corrected chi connectivity index (χ4v) is 3.99. The number of esters is 1. The summed E-state index contributed by atoms with van der Waals surface area (Å²) in [6.07, 6.45) is 1.19. The van der Waals surface area contributed by atoms with E-state index in [0.717, 1.165) is 5.56 Å². The second-order valence-electron chi connectivity index (χ2n) is 4.84. The van der Waals surface area contributed by atoms with Crippen LogP contribution in [0.2, 0.25) is 0 Å². The van der Waals surface area contributed by atoms with E-state index in [-0.39, 0.29) is 11.5 Å². The molecule has 1 aromatic rings. The van der Waals surface area contributed by atoms with Crippen LogP contribution in [0.25, 0.3) is 0 Å². The first-order chi connectivity index (χ1) is 9.46. The first-order valence-corrected chi connectivity index (χ1v) is 8.16. The quantitative estimate of drug-likeness (QED) is 0.794. The van der Waals surface area contributed by atoms with Gasteiger partial charge in [0.25, 0.3) is 0 Å². The van der Waals surface area contributed by atoms with Gasteiger partial charge < -0.3 is 4.74 Å². The Bertz CT molecular complexity index is 580. The fourth-order valence-electron chi connectivity index (χ4n) is 2.35. The number of carbonyl (C=O) groups excluding carboxylic acids is 1. The van der Waals surface area contributed by atoms with Crippen LogP contribution in [0, 0.1) is 6.92 Å². The third-order valence-electron chi connectivity index (χ3n) is 3.39. The Hall–Kier alpha value is -1.40. The minimum atomic E-state index is -3.64. The molecule has 1 fully saturated rings. The van der Waals surface area contributed by atoms with Crippen molar-refractivity contribution in [1.29, 1.82) is 0 Å². The second-order valence-corrected chi connectivity index (χ2v) is 6.73. The second kappa shape index (κ2) is 5.93. The molecule has 6 heteroatoms. The SMILES string of the molecule is CCOC(=O)C1CCCN1S(=O)(=O)c1ccc(C)cc1. The maximum Gasteiger partial charge on any atom is 0.324 e. The molecule has 0 amide bonds. The van der Waals surface area contributed by atoms with Crippen molar-refractivity contribution in [3.05, 3.63) is 29.8 Å². The van der Waals surface area contributed by atoms with Crippen LogP contribution in [0.15, 0.2) is 29.2 Å². The third-order valence-corrected chi connectivity index (χ3v) is 5.31. The van der Waals surface area contributed by atoms with E-state index in [1.54, 1.807) is 31.2 Å². The van der Waals surface area contributed by atoms with Crippen molar-refractivity contribution in [1.82, 2.24) is 4.31 Å². The Kier molecular flexibility index (Phi) is 4.45. The van der Waals surface area contributed by atoms with E-state index < -0.39 is 22.0 Å². The van der Waals surface area contributed by atoms with E-state index in [1.807, 2.05) is 6.92 Å². The third kappa shape index (κ3) is 2.86. The molecular weight excluding hydrogens is 278 g/mol. The Morgan fingerprint density at radius 3 is 2.60 bits per heavy atom. The molecule has 20 heavy (non-hydrogen) atoms. The molecule has 1 saturated heterocycles. The van der Waals surface area contributed by atoms with Gasteiger partial charge >= 0.3 is 5.97 Å². The molecule has 0 N–H and O–H groups in total. The largest absolute Gasteiger partial charge is 0.465 e. The molecule has 2 rings (SSSR count). The average Bonchev–Trinajstić information content (AvgIpc) is 2.89. The van der Waals surface area contributed by atoms with E-state index in [1.165, 1.54) is 4.31 Å². The highest BCUT2D eigenvalue weighted by Crippen LogP contribution is 2.26. The van der Waals surface area contributed by atoms with Crippen molar-refractivity contribution in [3.63, 3.8) is 0 Å². The van der Waals surface area contributed by atoms with Gasteiger partial charge in [0.1, 0.15) is 6.04 Å². The molecule has 0 aromatic heterocycles. The Labute approximate surface area is 119 Å². The van der Waals surface area contributed by atoms with Crippen LogP contribution in [-0.4, -0.2) is 37.9 Å². The molecule has 0 aliphatic carbocycles. The number of nitrogens with zero attached hydrogens (tertiary/aromatic N) is 1. The van der Waals surface area contributed by atoms with Gasteiger partial charge in [0.05, 0.1) is 11.5 Å². The summed E-state index contributed by atoms with van der Waals surface area (Å²) in [6.45, 7) is 4.23. The summed E-state index contributed by atoms with van der Waals surface area (Å²) in [5, 5.41) is 0. The molecule has 0 radical (unpaired) electrons. The van der Waals surface area contributed by atoms with E-state index in [9.17, 15) is 13.2 Å². The lowest BCUT2D eigenvalue weighted by Gasteiger charge is -2.22. The predicted molar refractivity (Wildman–Crippen MR) is 74.7 cm³/mol. The summed E-state index contributed by atoms with van der Waals surface area (Å²) < 4.78 is 31.4. The van der Waals surface area contributed by atoms with Gasteiger partial charge in [0.2, 0.25) is 10.0 Å². The molecule has 110 valence electrons. The van der Waals surface area contributed by atoms with Gasteiger partial charge in [-0.3, -0.25) is 4.79 Å². The monoisotopic (exact) mass is 297 g/mol. The van der Waals surface area contributed by atoms with E-state index in [4.69, 9.17) is 4.74 Å². The lowest BCUT2D eigenvalue weighted by molar-refractivity contribution is -0.146. The van der Waals surface area contributed by atoms with Crippen LogP contribution < -0.4 is 0 Å². The lowest BCUT2D eigenvalue weighted by Crippen LogP contribution is -2.41. The lowest BCUT2D eigenvalue weighted by atomic mass is 10.2. The zero-order valence-corrected chi connectivity index (χ0v) is 12.5. The predicted octanol–water partition coefficient (Wildman–Crippen LogP) is 1.71. The standard InChI is InChI=1S/C14H19NO4S/c1-3-19-14(16)13-5-4-10-15(13)20(17,18)12-8-6-11(2)7-9-12/h6-9,13H,3-5,10H2,1-2H3. The highest BCUT2D eigenvalue weighted by Gasteiger charge is 2.40. The first kappa shape index (κ1) is 15.0. The van der Waals surface area contributed by atoms with Crippen molar-refractivity contribution in [2.75, 3.05) is 13.2 Å². The zero-order valence-electron chi connectivity index (χ0n) is 11.7. The van der Waals surface area contributed by atoms with Crippen LogP contribution in [-0.2, 0) is 19.6 Å². The molecule has 1 unspecified atom stereocenters. The van der Waals surface area contributed by atoms with Gasteiger partial charge in [-0.25, -0.2) is 8.42 Å². The van der Waals surface area contributed by atoms with Gasteiger partial charge in [0.15, 0.2) is 0 Å². The number of ether oxygens (including phenoxy) is 1. The number of hydrogen-bond acceptors (Lipinski definition) is 4. The summed E-state index contributed by atoms with van der Waals surface area (Å²) in [6, 6.07) is 5.96. The van der Waals surface area contributed by atoms with Gasteiger partial charge in [-0.2, -0.15) is 4.31 Å². The van der Waals surface area contributed by atoms with E-state index in [2.05, 4.69) is 0 Å². The first-order valence-electron chi connectivity index (χ1n) is 6.72. The molecule has 1 aromatic carbocycles. The number of aryl methyl sites for hydroxylation is 1. The van der Waals surface area contributed by atoms with Crippen molar-refractivity contribution in [3.8, 4) is 0 Å². The topological polar surface area (TPSA) is 63.7 Å². The van der Waals surface area contributed by atoms with Crippen molar-refractivity contribution >= 4 is 16.0 Å². The molecule has 5 nitrogen and oxygen atoms in total. The zero-order chi connectivity index (χ0) is 14.8. The molecular formula is C14H19NO4S. The normalized spacial score (nSPS) is 20.0. The molecule has 0 bridgehead atoms. The number of benzene rings is 1. The molecule has 0 spiro atoms. The Morgan fingerprint density at radius 1 is 1.35 bits per heavy atom. The average molecular weight is 297 g/mol. The number of carbonyl (C=O) groups is 1. The van der Waals surface area contributed by atoms with Gasteiger partial charge in [0, 0.05) is 6.54 Å². The highest BCUT2D eigenvalue weighted by atomic mass is 32.2. The minimum Gasteiger partial charge on any atom is -0.465 e. The van der Waals surface area contributed by atoms with Crippen molar-refractivity contribution in [2.24, 2.45) is 0 Å². The molecule has 1 aliphatic heterocycles.